The Hall–Kier alpha value is -1.64. The molecule has 1 atom stereocenters. The fourth-order valence-electron chi connectivity index (χ4n) is 2.33. The molecule has 2 aromatic rings. The Balaban J connectivity index is 2.04. The highest BCUT2D eigenvalue weighted by Crippen LogP contribution is 2.24. The Labute approximate surface area is 95.1 Å². The van der Waals surface area contributed by atoms with Crippen LogP contribution < -0.4 is 0 Å². The number of benzene rings is 1. The van der Waals surface area contributed by atoms with Crippen LogP contribution in [0.5, 0.6) is 0 Å². The fourth-order valence-corrected chi connectivity index (χ4v) is 2.33. The van der Waals surface area contributed by atoms with E-state index in [4.69, 9.17) is 0 Å². The van der Waals surface area contributed by atoms with Crippen molar-refractivity contribution >= 4 is 0 Å². The van der Waals surface area contributed by atoms with Crippen molar-refractivity contribution in [3.63, 3.8) is 0 Å². The first kappa shape index (κ1) is 9.58. The van der Waals surface area contributed by atoms with Gasteiger partial charge in [-0.05, 0) is 37.3 Å². The molecule has 1 heterocycles. The van der Waals surface area contributed by atoms with Crippen LogP contribution in [-0.2, 0) is 12.8 Å². The van der Waals surface area contributed by atoms with Crippen molar-refractivity contribution in [3.05, 3.63) is 41.7 Å². The van der Waals surface area contributed by atoms with E-state index < -0.39 is 0 Å². The lowest BCUT2D eigenvalue weighted by molar-refractivity contribution is 0.488. The number of rotatable bonds is 1. The minimum atomic E-state index is 0.744. The molecule has 16 heavy (non-hydrogen) atoms. The van der Waals surface area contributed by atoms with Crippen molar-refractivity contribution < 1.29 is 0 Å². The van der Waals surface area contributed by atoms with Gasteiger partial charge in [0.05, 0.1) is 17.1 Å². The summed E-state index contributed by atoms with van der Waals surface area (Å²) in [6, 6.07) is 10.2. The van der Waals surface area contributed by atoms with E-state index in [0.29, 0.717) is 0 Å². The summed E-state index contributed by atoms with van der Waals surface area (Å²) in [6.45, 7) is 2.28. The molecule has 0 saturated carbocycles. The average Bonchev–Trinajstić information content (AvgIpc) is 2.73. The normalized spacial score (nSPS) is 19.4. The summed E-state index contributed by atoms with van der Waals surface area (Å²) >= 11 is 0. The zero-order valence-electron chi connectivity index (χ0n) is 9.43. The third kappa shape index (κ3) is 1.52. The van der Waals surface area contributed by atoms with Gasteiger partial charge in [-0.25, -0.2) is 4.68 Å². The predicted octanol–water partition coefficient (Wildman–Crippen LogP) is 2.39. The maximum absolute atomic E-state index is 4.30. The molecule has 0 amide bonds. The highest BCUT2D eigenvalue weighted by atomic mass is 15.4. The van der Waals surface area contributed by atoms with Crippen LogP contribution >= 0.6 is 0 Å². The van der Waals surface area contributed by atoms with Gasteiger partial charge in [-0.3, -0.25) is 0 Å². The van der Waals surface area contributed by atoms with Crippen molar-refractivity contribution in [2.45, 2.75) is 26.2 Å². The maximum Gasteiger partial charge on any atom is 0.0866 e. The van der Waals surface area contributed by atoms with Crippen molar-refractivity contribution in [2.75, 3.05) is 0 Å². The minimum Gasteiger partial charge on any atom is -0.217 e. The Morgan fingerprint density at radius 2 is 2.06 bits per heavy atom. The van der Waals surface area contributed by atoms with Gasteiger partial charge >= 0.3 is 0 Å². The highest BCUT2D eigenvalue weighted by molar-refractivity contribution is 5.33. The van der Waals surface area contributed by atoms with Crippen molar-refractivity contribution in [1.29, 1.82) is 0 Å². The fraction of sp³-hybridized carbons (Fsp3) is 0.385. The Bertz CT molecular complexity index is 487. The van der Waals surface area contributed by atoms with Crippen LogP contribution in [0.3, 0.4) is 0 Å². The van der Waals surface area contributed by atoms with Gasteiger partial charge in [-0.15, -0.1) is 5.10 Å². The quantitative estimate of drug-likeness (QED) is 0.728. The van der Waals surface area contributed by atoms with E-state index in [0.717, 1.165) is 24.4 Å². The summed E-state index contributed by atoms with van der Waals surface area (Å²) in [6.07, 6.45) is 3.41. The molecule has 0 aliphatic heterocycles. The second kappa shape index (κ2) is 3.74. The summed E-state index contributed by atoms with van der Waals surface area (Å²) in [7, 11) is 0. The van der Waals surface area contributed by atoms with E-state index in [1.165, 1.54) is 17.8 Å². The van der Waals surface area contributed by atoms with Gasteiger partial charge in [-0.2, -0.15) is 0 Å². The molecule has 0 radical (unpaired) electrons. The first-order valence-corrected chi connectivity index (χ1v) is 5.83. The SMILES string of the molecule is CC1CCc2c(nnn2-c2ccccc2)C1. The number of para-hydroxylation sites is 1. The van der Waals surface area contributed by atoms with E-state index in [1.54, 1.807) is 0 Å². The number of nitrogens with zero attached hydrogens (tertiary/aromatic N) is 3. The molecule has 1 aliphatic carbocycles. The van der Waals surface area contributed by atoms with Crippen LogP contribution in [0.15, 0.2) is 30.3 Å². The number of hydrogen-bond donors (Lipinski definition) is 0. The number of fused-ring (bicyclic) bond motifs is 1. The lowest BCUT2D eigenvalue weighted by Gasteiger charge is -2.17. The van der Waals surface area contributed by atoms with Crippen LogP contribution in [0, 0.1) is 5.92 Å². The molecular weight excluding hydrogens is 198 g/mol. The summed E-state index contributed by atoms with van der Waals surface area (Å²) in [5.74, 6) is 0.744. The monoisotopic (exact) mass is 213 g/mol. The van der Waals surface area contributed by atoms with E-state index in [2.05, 4.69) is 29.4 Å². The van der Waals surface area contributed by atoms with Crippen LogP contribution in [0.2, 0.25) is 0 Å². The second-order valence-corrected chi connectivity index (χ2v) is 4.58. The van der Waals surface area contributed by atoms with E-state index in [1.807, 2.05) is 22.9 Å². The standard InChI is InChI=1S/C13H15N3/c1-10-7-8-13-12(9-10)14-15-16(13)11-5-3-2-4-6-11/h2-6,10H,7-9H2,1H3. The minimum absolute atomic E-state index is 0.744. The summed E-state index contributed by atoms with van der Waals surface area (Å²) < 4.78 is 1.99. The molecule has 1 aromatic heterocycles. The van der Waals surface area contributed by atoms with Gasteiger partial charge in [0.25, 0.3) is 0 Å². The lowest BCUT2D eigenvalue weighted by Crippen LogP contribution is -2.13. The molecule has 3 nitrogen and oxygen atoms in total. The van der Waals surface area contributed by atoms with E-state index in [-0.39, 0.29) is 0 Å². The zero-order chi connectivity index (χ0) is 11.0. The van der Waals surface area contributed by atoms with Crippen LogP contribution in [-0.4, -0.2) is 15.0 Å². The van der Waals surface area contributed by atoms with Crippen LogP contribution in [0.4, 0.5) is 0 Å². The van der Waals surface area contributed by atoms with Gasteiger partial charge < -0.3 is 0 Å². The molecule has 1 aliphatic rings. The summed E-state index contributed by atoms with van der Waals surface area (Å²) in [5, 5.41) is 8.57. The molecule has 3 rings (SSSR count). The Kier molecular flexibility index (Phi) is 2.24. The van der Waals surface area contributed by atoms with Crippen molar-refractivity contribution in [1.82, 2.24) is 15.0 Å². The highest BCUT2D eigenvalue weighted by Gasteiger charge is 2.21. The molecule has 1 aromatic carbocycles. The van der Waals surface area contributed by atoms with Gasteiger partial charge in [-0.1, -0.05) is 30.3 Å². The summed E-state index contributed by atoms with van der Waals surface area (Å²) in [4.78, 5) is 0. The third-order valence-corrected chi connectivity index (χ3v) is 3.26. The Morgan fingerprint density at radius 3 is 2.88 bits per heavy atom. The first-order chi connectivity index (χ1) is 7.84. The number of aromatic nitrogens is 3. The Morgan fingerprint density at radius 1 is 1.25 bits per heavy atom. The molecule has 0 bridgehead atoms. The molecule has 82 valence electrons. The molecule has 0 fully saturated rings. The van der Waals surface area contributed by atoms with Gasteiger partial charge in [0.1, 0.15) is 0 Å². The number of hydrogen-bond acceptors (Lipinski definition) is 2. The van der Waals surface area contributed by atoms with Gasteiger partial charge in [0.2, 0.25) is 0 Å². The second-order valence-electron chi connectivity index (χ2n) is 4.58. The predicted molar refractivity (Wildman–Crippen MR) is 62.5 cm³/mol. The molecule has 1 unspecified atom stereocenters. The van der Waals surface area contributed by atoms with E-state index >= 15 is 0 Å². The third-order valence-electron chi connectivity index (χ3n) is 3.26. The van der Waals surface area contributed by atoms with Crippen LogP contribution in [0.1, 0.15) is 24.7 Å². The van der Waals surface area contributed by atoms with Gasteiger partial charge in [0, 0.05) is 0 Å². The first-order valence-electron chi connectivity index (χ1n) is 5.83. The maximum atomic E-state index is 4.30. The zero-order valence-corrected chi connectivity index (χ0v) is 9.43. The van der Waals surface area contributed by atoms with Gasteiger partial charge in [0.15, 0.2) is 0 Å². The summed E-state index contributed by atoms with van der Waals surface area (Å²) in [5.41, 5.74) is 3.60. The molecule has 0 saturated heterocycles. The van der Waals surface area contributed by atoms with E-state index in [9.17, 15) is 0 Å². The molecule has 3 heteroatoms. The topological polar surface area (TPSA) is 30.7 Å². The van der Waals surface area contributed by atoms with Crippen LogP contribution in [0.25, 0.3) is 5.69 Å². The smallest absolute Gasteiger partial charge is 0.0866 e. The molecular formula is C13H15N3. The average molecular weight is 213 g/mol. The lowest BCUT2D eigenvalue weighted by atomic mass is 9.91. The van der Waals surface area contributed by atoms with Crippen molar-refractivity contribution in [2.24, 2.45) is 5.92 Å². The molecule has 0 N–H and O–H groups in total. The largest absolute Gasteiger partial charge is 0.217 e. The van der Waals surface area contributed by atoms with Crippen molar-refractivity contribution in [3.8, 4) is 5.69 Å². The molecule has 0 spiro atoms.